The number of hydrogen-bond acceptors (Lipinski definition) is 5. The highest BCUT2D eigenvalue weighted by Crippen LogP contribution is 2.22. The first kappa shape index (κ1) is 15.0. The molecule has 22 heavy (non-hydrogen) atoms. The molecule has 5 nitrogen and oxygen atoms in total. The van der Waals surface area contributed by atoms with E-state index in [1.165, 1.54) is 0 Å². The summed E-state index contributed by atoms with van der Waals surface area (Å²) >= 11 is 3.40. The molecule has 1 heterocycles. The summed E-state index contributed by atoms with van der Waals surface area (Å²) in [5.74, 6) is 0.520. The second-order valence-corrected chi connectivity index (χ2v) is 6.03. The smallest absolute Gasteiger partial charge is 0.309 e. The van der Waals surface area contributed by atoms with Crippen LogP contribution in [0.3, 0.4) is 0 Å². The van der Waals surface area contributed by atoms with Gasteiger partial charge in [0.2, 0.25) is 5.82 Å². The van der Waals surface area contributed by atoms with Crippen LogP contribution in [0.15, 0.2) is 45.4 Å². The highest BCUT2D eigenvalue weighted by molar-refractivity contribution is 9.10. The minimum Gasteiger partial charge on any atom is -0.455 e. The second kappa shape index (κ2) is 6.87. The van der Waals surface area contributed by atoms with Crippen molar-refractivity contribution in [2.45, 2.75) is 25.9 Å². The predicted molar refractivity (Wildman–Crippen MR) is 83.7 cm³/mol. The molecule has 1 aromatic heterocycles. The molecule has 0 radical (unpaired) electrons. The van der Waals surface area contributed by atoms with Gasteiger partial charge in [0.15, 0.2) is 6.61 Å². The number of esters is 1. The van der Waals surface area contributed by atoms with E-state index in [1.807, 2.05) is 30.3 Å². The Hall–Kier alpha value is -1.95. The number of carbonyl (C=O) groups excluding carboxylic acids is 1. The molecule has 0 saturated carbocycles. The number of rotatable bonds is 4. The highest BCUT2D eigenvalue weighted by Gasteiger charge is 2.21. The molecular formula is C16H15BrN2O3. The lowest BCUT2D eigenvalue weighted by Crippen LogP contribution is -2.18. The fraction of sp³-hybridized carbons (Fsp3) is 0.312. The fourth-order valence-electron chi connectivity index (χ4n) is 2.32. The van der Waals surface area contributed by atoms with Crippen LogP contribution in [-0.2, 0) is 16.1 Å². The molecule has 0 spiro atoms. The van der Waals surface area contributed by atoms with Gasteiger partial charge in [-0.25, -0.2) is 0 Å². The van der Waals surface area contributed by atoms with Gasteiger partial charge in [0.25, 0.3) is 5.89 Å². The van der Waals surface area contributed by atoms with Gasteiger partial charge >= 0.3 is 5.97 Å². The van der Waals surface area contributed by atoms with Crippen molar-refractivity contribution in [1.29, 1.82) is 0 Å². The molecular weight excluding hydrogens is 348 g/mol. The van der Waals surface area contributed by atoms with Gasteiger partial charge in [0, 0.05) is 10.0 Å². The molecule has 1 aliphatic rings. The SMILES string of the molecule is O=C(OCc1nc(-c2cccc(Br)c2)no1)C1CC=CCC1. The number of halogens is 1. The number of allylic oxidation sites excluding steroid dienone is 2. The molecule has 1 atom stereocenters. The summed E-state index contributed by atoms with van der Waals surface area (Å²) in [5.41, 5.74) is 0.841. The van der Waals surface area contributed by atoms with Crippen LogP contribution in [-0.4, -0.2) is 16.1 Å². The maximum atomic E-state index is 11.9. The Labute approximate surface area is 136 Å². The molecule has 1 aliphatic carbocycles. The van der Waals surface area contributed by atoms with Crippen LogP contribution in [0.4, 0.5) is 0 Å². The molecule has 0 saturated heterocycles. The Kier molecular flexibility index (Phi) is 4.68. The van der Waals surface area contributed by atoms with Gasteiger partial charge in [0.1, 0.15) is 0 Å². The topological polar surface area (TPSA) is 65.2 Å². The van der Waals surface area contributed by atoms with Crippen LogP contribution < -0.4 is 0 Å². The average molecular weight is 363 g/mol. The zero-order valence-corrected chi connectivity index (χ0v) is 13.5. The maximum Gasteiger partial charge on any atom is 0.309 e. The van der Waals surface area contributed by atoms with Gasteiger partial charge < -0.3 is 9.26 Å². The molecule has 114 valence electrons. The monoisotopic (exact) mass is 362 g/mol. The van der Waals surface area contributed by atoms with Crippen LogP contribution in [0.2, 0.25) is 0 Å². The van der Waals surface area contributed by atoms with Crippen LogP contribution >= 0.6 is 15.9 Å². The minimum atomic E-state index is -0.202. The molecule has 0 bridgehead atoms. The van der Waals surface area contributed by atoms with Crippen molar-refractivity contribution in [3.63, 3.8) is 0 Å². The van der Waals surface area contributed by atoms with E-state index in [2.05, 4.69) is 32.1 Å². The quantitative estimate of drug-likeness (QED) is 0.609. The van der Waals surface area contributed by atoms with E-state index in [0.717, 1.165) is 29.3 Å². The molecule has 0 amide bonds. The van der Waals surface area contributed by atoms with Crippen molar-refractivity contribution in [3.05, 3.63) is 46.8 Å². The van der Waals surface area contributed by atoms with Gasteiger partial charge in [-0.05, 0) is 31.4 Å². The van der Waals surface area contributed by atoms with E-state index in [1.54, 1.807) is 0 Å². The first-order valence-corrected chi connectivity index (χ1v) is 7.92. The average Bonchev–Trinajstić information content (AvgIpc) is 3.02. The van der Waals surface area contributed by atoms with Gasteiger partial charge in [-0.2, -0.15) is 4.98 Å². The van der Waals surface area contributed by atoms with E-state index in [4.69, 9.17) is 9.26 Å². The third kappa shape index (κ3) is 3.62. The van der Waals surface area contributed by atoms with E-state index < -0.39 is 0 Å². The predicted octanol–water partition coefficient (Wildman–Crippen LogP) is 3.90. The maximum absolute atomic E-state index is 11.9. The molecule has 6 heteroatoms. The summed E-state index contributed by atoms with van der Waals surface area (Å²) in [5, 5.41) is 3.91. The van der Waals surface area contributed by atoms with Crippen molar-refractivity contribution in [1.82, 2.24) is 10.1 Å². The highest BCUT2D eigenvalue weighted by atomic mass is 79.9. The molecule has 1 aromatic carbocycles. The third-order valence-electron chi connectivity index (χ3n) is 3.49. The Morgan fingerprint density at radius 3 is 3.09 bits per heavy atom. The summed E-state index contributed by atoms with van der Waals surface area (Å²) in [6.45, 7) is 0.0139. The third-order valence-corrected chi connectivity index (χ3v) is 3.98. The Morgan fingerprint density at radius 1 is 1.41 bits per heavy atom. The summed E-state index contributed by atoms with van der Waals surface area (Å²) in [6, 6.07) is 7.60. The van der Waals surface area contributed by atoms with E-state index in [9.17, 15) is 4.79 Å². The Balaban J connectivity index is 1.60. The van der Waals surface area contributed by atoms with Crippen LogP contribution in [0.5, 0.6) is 0 Å². The first-order chi connectivity index (χ1) is 10.7. The van der Waals surface area contributed by atoms with Gasteiger partial charge in [-0.15, -0.1) is 0 Å². The standard InChI is InChI=1S/C16H15BrN2O3/c17-13-8-4-7-12(9-13)15-18-14(22-19-15)10-21-16(20)11-5-2-1-3-6-11/h1-2,4,7-9,11H,3,5-6,10H2. The molecule has 0 fully saturated rings. The number of ether oxygens (including phenoxy) is 1. The van der Waals surface area contributed by atoms with E-state index >= 15 is 0 Å². The van der Waals surface area contributed by atoms with Crippen molar-refractivity contribution in [3.8, 4) is 11.4 Å². The van der Waals surface area contributed by atoms with E-state index in [0.29, 0.717) is 11.7 Å². The lowest BCUT2D eigenvalue weighted by molar-refractivity contribution is -0.150. The molecule has 0 aliphatic heterocycles. The van der Waals surface area contributed by atoms with Gasteiger partial charge in [0.05, 0.1) is 5.92 Å². The zero-order chi connectivity index (χ0) is 15.4. The van der Waals surface area contributed by atoms with Gasteiger partial charge in [-0.1, -0.05) is 45.4 Å². The Morgan fingerprint density at radius 2 is 2.32 bits per heavy atom. The first-order valence-electron chi connectivity index (χ1n) is 7.12. The van der Waals surface area contributed by atoms with Gasteiger partial charge in [-0.3, -0.25) is 4.79 Å². The van der Waals surface area contributed by atoms with Crippen LogP contribution in [0.1, 0.15) is 25.2 Å². The molecule has 3 rings (SSSR count). The lowest BCUT2D eigenvalue weighted by Gasteiger charge is -2.15. The van der Waals surface area contributed by atoms with Crippen LogP contribution in [0.25, 0.3) is 11.4 Å². The van der Waals surface area contributed by atoms with Crippen molar-refractivity contribution < 1.29 is 14.1 Å². The molecule has 1 unspecified atom stereocenters. The lowest BCUT2D eigenvalue weighted by atomic mass is 9.95. The fourth-order valence-corrected chi connectivity index (χ4v) is 2.72. The van der Waals surface area contributed by atoms with Crippen molar-refractivity contribution in [2.24, 2.45) is 5.92 Å². The van der Waals surface area contributed by atoms with Crippen LogP contribution in [0, 0.1) is 5.92 Å². The summed E-state index contributed by atoms with van der Waals surface area (Å²) < 4.78 is 11.3. The second-order valence-electron chi connectivity index (χ2n) is 5.11. The Bertz CT molecular complexity index is 696. The number of benzene rings is 1. The summed E-state index contributed by atoms with van der Waals surface area (Å²) in [7, 11) is 0. The van der Waals surface area contributed by atoms with Crippen molar-refractivity contribution in [2.75, 3.05) is 0 Å². The number of carbonyl (C=O) groups is 1. The minimum absolute atomic E-state index is 0.0139. The number of nitrogens with zero attached hydrogens (tertiary/aromatic N) is 2. The number of aromatic nitrogens is 2. The zero-order valence-electron chi connectivity index (χ0n) is 11.9. The summed E-state index contributed by atoms with van der Waals surface area (Å²) in [4.78, 5) is 16.2. The van der Waals surface area contributed by atoms with Crippen molar-refractivity contribution >= 4 is 21.9 Å². The summed E-state index contributed by atoms with van der Waals surface area (Å²) in [6.07, 6.45) is 6.61. The van der Waals surface area contributed by atoms with E-state index in [-0.39, 0.29) is 18.5 Å². The largest absolute Gasteiger partial charge is 0.455 e. The molecule has 0 N–H and O–H groups in total. The number of hydrogen-bond donors (Lipinski definition) is 0. The molecule has 2 aromatic rings. The normalized spacial score (nSPS) is 17.4.